The summed E-state index contributed by atoms with van der Waals surface area (Å²) in [7, 11) is 0. The lowest BCUT2D eigenvalue weighted by molar-refractivity contribution is -0.125. The van der Waals surface area contributed by atoms with Crippen LogP contribution in [0.3, 0.4) is 0 Å². The van der Waals surface area contributed by atoms with Crippen molar-refractivity contribution in [2.75, 3.05) is 49.1 Å². The number of piperazine rings is 1. The van der Waals surface area contributed by atoms with Gasteiger partial charge in [0.25, 0.3) is 0 Å². The van der Waals surface area contributed by atoms with Crippen LogP contribution in [-0.4, -0.2) is 62.0 Å². The maximum Gasteiger partial charge on any atom is 0.243 e. The highest BCUT2D eigenvalue weighted by atomic mass is 16.2. The molecule has 0 radical (unpaired) electrons. The Morgan fingerprint density at radius 2 is 1.75 bits per heavy atom. The molecule has 2 aromatic rings. The van der Waals surface area contributed by atoms with Gasteiger partial charge in [-0.15, -0.1) is 0 Å². The van der Waals surface area contributed by atoms with Gasteiger partial charge in [-0.2, -0.15) is 0 Å². The minimum atomic E-state index is -0.439. The summed E-state index contributed by atoms with van der Waals surface area (Å²) in [6.45, 7) is 11.6. The molecule has 1 saturated heterocycles. The Morgan fingerprint density at radius 1 is 1.00 bits per heavy atom. The van der Waals surface area contributed by atoms with Crippen LogP contribution in [0.2, 0.25) is 0 Å². The summed E-state index contributed by atoms with van der Waals surface area (Å²) < 4.78 is 0. The van der Waals surface area contributed by atoms with Gasteiger partial charge in [-0.3, -0.25) is 19.4 Å². The number of aryl methyl sites for hydroxylation is 2. The largest absolute Gasteiger partial charge is 0.369 e. The van der Waals surface area contributed by atoms with Gasteiger partial charge in [0.05, 0.1) is 0 Å². The second-order valence-corrected chi connectivity index (χ2v) is 9.00. The van der Waals surface area contributed by atoms with Crippen LogP contribution >= 0.6 is 0 Å². The number of anilines is 2. The molecule has 1 N–H and O–H groups in total. The van der Waals surface area contributed by atoms with Crippen molar-refractivity contribution >= 4 is 23.2 Å². The van der Waals surface area contributed by atoms with Crippen LogP contribution in [0.25, 0.3) is 0 Å². The molecule has 2 heterocycles. The first-order chi connectivity index (χ1) is 15.4. The number of para-hydroxylation sites is 1. The Balaban J connectivity index is 1.21. The summed E-state index contributed by atoms with van der Waals surface area (Å²) in [4.78, 5) is 31.6. The molecule has 2 amide bonds. The minimum Gasteiger partial charge on any atom is -0.369 e. The highest BCUT2D eigenvalue weighted by Crippen LogP contribution is 2.32. The Morgan fingerprint density at radius 3 is 2.50 bits per heavy atom. The lowest BCUT2D eigenvalue weighted by Crippen LogP contribution is -2.49. The van der Waals surface area contributed by atoms with Gasteiger partial charge in [0.2, 0.25) is 11.8 Å². The maximum absolute atomic E-state index is 12.8. The quantitative estimate of drug-likeness (QED) is 0.711. The molecular weight excluding hydrogens is 400 g/mol. The summed E-state index contributed by atoms with van der Waals surface area (Å²) in [5.41, 5.74) is 5.91. The summed E-state index contributed by atoms with van der Waals surface area (Å²) in [5.74, 6) is -0.145. The first-order valence-corrected chi connectivity index (χ1v) is 11.6. The average Bonchev–Trinajstić information content (AvgIpc) is 3.19. The van der Waals surface area contributed by atoms with Gasteiger partial charge in [-0.05, 0) is 55.6 Å². The van der Waals surface area contributed by atoms with Crippen molar-refractivity contribution in [3.8, 4) is 0 Å². The molecule has 6 heteroatoms. The fourth-order valence-corrected chi connectivity index (χ4v) is 4.89. The van der Waals surface area contributed by atoms with Crippen molar-refractivity contribution < 1.29 is 9.59 Å². The first-order valence-electron chi connectivity index (χ1n) is 11.6. The highest BCUT2D eigenvalue weighted by molar-refractivity contribution is 6.02. The van der Waals surface area contributed by atoms with Gasteiger partial charge in [0.1, 0.15) is 6.04 Å². The highest BCUT2D eigenvalue weighted by Gasteiger charge is 2.36. The third-order valence-corrected chi connectivity index (χ3v) is 6.65. The van der Waals surface area contributed by atoms with E-state index in [1.807, 2.05) is 24.3 Å². The number of carbonyl (C=O) groups excluding carboxylic acids is 2. The van der Waals surface area contributed by atoms with E-state index in [2.05, 4.69) is 47.2 Å². The van der Waals surface area contributed by atoms with Crippen LogP contribution in [0.1, 0.15) is 30.0 Å². The van der Waals surface area contributed by atoms with Crippen molar-refractivity contribution in [1.82, 2.24) is 10.2 Å². The number of nitrogens with one attached hydrogen (secondary N) is 1. The average molecular weight is 435 g/mol. The molecule has 0 aromatic heterocycles. The summed E-state index contributed by atoms with van der Waals surface area (Å²) >= 11 is 0. The van der Waals surface area contributed by atoms with Crippen LogP contribution in [0.4, 0.5) is 11.4 Å². The minimum absolute atomic E-state index is 0.0591. The molecule has 1 atom stereocenters. The Hall–Kier alpha value is -2.86. The van der Waals surface area contributed by atoms with E-state index in [9.17, 15) is 9.59 Å². The molecule has 0 aliphatic carbocycles. The molecular formula is C26H34N4O2. The Labute approximate surface area is 191 Å². The molecule has 170 valence electrons. The molecule has 0 spiro atoms. The predicted octanol–water partition coefficient (Wildman–Crippen LogP) is 2.91. The van der Waals surface area contributed by atoms with Crippen LogP contribution in [0.5, 0.6) is 0 Å². The number of carbonyl (C=O) groups is 2. The van der Waals surface area contributed by atoms with Crippen molar-refractivity contribution in [3.63, 3.8) is 0 Å². The van der Waals surface area contributed by atoms with E-state index in [-0.39, 0.29) is 11.8 Å². The van der Waals surface area contributed by atoms with E-state index < -0.39 is 6.04 Å². The zero-order chi connectivity index (χ0) is 22.7. The van der Waals surface area contributed by atoms with Crippen molar-refractivity contribution in [3.05, 3.63) is 59.2 Å². The number of amides is 2. The summed E-state index contributed by atoms with van der Waals surface area (Å²) in [6.07, 6.45) is 1.50. The lowest BCUT2D eigenvalue weighted by Gasteiger charge is -2.37. The zero-order valence-corrected chi connectivity index (χ0v) is 19.4. The van der Waals surface area contributed by atoms with Gasteiger partial charge in [-0.1, -0.05) is 30.3 Å². The number of hydrogen-bond donors (Lipinski definition) is 1. The topological polar surface area (TPSA) is 55.9 Å². The molecule has 2 aliphatic rings. The predicted molar refractivity (Wildman–Crippen MR) is 129 cm³/mol. The van der Waals surface area contributed by atoms with Gasteiger partial charge in [-0.25, -0.2) is 0 Å². The van der Waals surface area contributed by atoms with Gasteiger partial charge in [0, 0.05) is 57.4 Å². The maximum atomic E-state index is 12.8. The lowest BCUT2D eigenvalue weighted by atomic mass is 10.1. The number of benzene rings is 2. The van der Waals surface area contributed by atoms with E-state index in [0.717, 1.165) is 50.4 Å². The number of fused-ring (bicyclic) bond motifs is 1. The smallest absolute Gasteiger partial charge is 0.243 e. The van der Waals surface area contributed by atoms with Crippen LogP contribution < -0.4 is 15.1 Å². The first kappa shape index (κ1) is 22.3. The van der Waals surface area contributed by atoms with Crippen LogP contribution in [-0.2, 0) is 16.0 Å². The van der Waals surface area contributed by atoms with E-state index in [1.165, 1.54) is 23.7 Å². The number of hydrogen-bond acceptors (Lipinski definition) is 4. The molecule has 1 fully saturated rings. The van der Waals surface area contributed by atoms with E-state index in [1.54, 1.807) is 4.90 Å². The summed E-state index contributed by atoms with van der Waals surface area (Å²) in [5, 5.41) is 3.06. The second kappa shape index (κ2) is 9.74. The van der Waals surface area contributed by atoms with Crippen molar-refractivity contribution in [2.45, 2.75) is 39.7 Å². The Bertz CT molecular complexity index is 982. The van der Waals surface area contributed by atoms with Crippen molar-refractivity contribution in [2.24, 2.45) is 0 Å². The van der Waals surface area contributed by atoms with E-state index >= 15 is 0 Å². The third-order valence-electron chi connectivity index (χ3n) is 6.65. The van der Waals surface area contributed by atoms with Gasteiger partial charge >= 0.3 is 0 Å². The third kappa shape index (κ3) is 4.80. The van der Waals surface area contributed by atoms with E-state index in [4.69, 9.17) is 0 Å². The molecule has 0 unspecified atom stereocenters. The molecule has 32 heavy (non-hydrogen) atoms. The normalized spacial score (nSPS) is 18.5. The molecule has 0 saturated carbocycles. The second-order valence-electron chi connectivity index (χ2n) is 9.00. The number of nitrogens with zero attached hydrogens (tertiary/aromatic N) is 3. The molecule has 6 nitrogen and oxygen atoms in total. The molecule has 4 rings (SSSR count). The van der Waals surface area contributed by atoms with E-state index in [0.29, 0.717) is 13.0 Å². The van der Waals surface area contributed by atoms with Crippen LogP contribution in [0.15, 0.2) is 42.5 Å². The zero-order valence-electron chi connectivity index (χ0n) is 19.4. The SMILES string of the molecule is CC(=O)N1c2ccccc2C[C@@H]1C(=O)NCCCN1CCN(c2cc(C)ccc2C)CC1. The molecule has 2 aliphatic heterocycles. The fraction of sp³-hybridized carbons (Fsp3) is 0.462. The van der Waals surface area contributed by atoms with Crippen LogP contribution in [0, 0.1) is 13.8 Å². The monoisotopic (exact) mass is 434 g/mol. The standard InChI is InChI=1S/C26H34N4O2/c1-19-9-10-20(2)24(17-19)29-15-13-28(14-16-29)12-6-11-27-26(32)25-18-22-7-4-5-8-23(22)30(25)21(3)31/h4-5,7-10,17,25H,6,11-16,18H2,1-3H3,(H,27,32)/t25-/m1/s1. The van der Waals surface area contributed by atoms with Gasteiger partial charge < -0.3 is 10.2 Å². The fourth-order valence-electron chi connectivity index (χ4n) is 4.89. The number of rotatable bonds is 6. The summed E-state index contributed by atoms with van der Waals surface area (Å²) in [6, 6.07) is 14.0. The molecule has 0 bridgehead atoms. The van der Waals surface area contributed by atoms with Crippen molar-refractivity contribution in [1.29, 1.82) is 0 Å². The van der Waals surface area contributed by atoms with Gasteiger partial charge in [0.15, 0.2) is 0 Å². The Kier molecular flexibility index (Phi) is 6.80. The molecule has 2 aromatic carbocycles.